The predicted molar refractivity (Wildman–Crippen MR) is 80.8 cm³/mol. The maximum Gasteiger partial charge on any atom is 0.255 e. The highest BCUT2D eigenvalue weighted by atomic mass is 79.9. The van der Waals surface area contributed by atoms with Crippen molar-refractivity contribution >= 4 is 21.8 Å². The number of hydrogen-bond acceptors (Lipinski definition) is 2. The first-order valence-electron chi connectivity index (χ1n) is 6.86. The van der Waals surface area contributed by atoms with E-state index in [4.69, 9.17) is 0 Å². The summed E-state index contributed by atoms with van der Waals surface area (Å²) >= 11 is 3.72. The Bertz CT molecular complexity index is 475. The second-order valence-electron chi connectivity index (χ2n) is 5.37. The van der Waals surface area contributed by atoms with Gasteiger partial charge in [-0.25, -0.2) is 0 Å². The molecule has 4 heteroatoms. The lowest BCUT2D eigenvalue weighted by molar-refractivity contribution is 0.0703. The Hall–Kier alpha value is -0.900. The SMILES string of the molecule is Cc1ccc(C(=O)N(C)C2CCCCC2Br)c(C)n1. The number of amides is 1. The lowest BCUT2D eigenvalue weighted by atomic mass is 9.94. The van der Waals surface area contributed by atoms with Gasteiger partial charge in [-0.3, -0.25) is 9.78 Å². The van der Waals surface area contributed by atoms with Crippen molar-refractivity contribution in [3.8, 4) is 0 Å². The van der Waals surface area contributed by atoms with E-state index < -0.39 is 0 Å². The van der Waals surface area contributed by atoms with E-state index in [9.17, 15) is 4.79 Å². The number of carbonyl (C=O) groups is 1. The third kappa shape index (κ3) is 3.16. The van der Waals surface area contributed by atoms with E-state index in [-0.39, 0.29) is 5.91 Å². The Morgan fingerprint density at radius 2 is 2.00 bits per heavy atom. The number of halogens is 1. The second kappa shape index (κ2) is 6.04. The molecule has 1 aliphatic carbocycles. The zero-order valence-corrected chi connectivity index (χ0v) is 13.4. The molecule has 3 nitrogen and oxygen atoms in total. The molecule has 1 aromatic rings. The number of aromatic nitrogens is 1. The summed E-state index contributed by atoms with van der Waals surface area (Å²) in [4.78, 5) is 19.3. The Morgan fingerprint density at radius 1 is 1.32 bits per heavy atom. The molecule has 0 bridgehead atoms. The average molecular weight is 325 g/mol. The molecule has 2 atom stereocenters. The van der Waals surface area contributed by atoms with Gasteiger partial charge in [0.1, 0.15) is 0 Å². The molecule has 104 valence electrons. The monoisotopic (exact) mass is 324 g/mol. The van der Waals surface area contributed by atoms with Gasteiger partial charge >= 0.3 is 0 Å². The first-order chi connectivity index (χ1) is 9.00. The quantitative estimate of drug-likeness (QED) is 0.780. The maximum atomic E-state index is 12.6. The smallest absolute Gasteiger partial charge is 0.255 e. The molecule has 0 N–H and O–H groups in total. The topological polar surface area (TPSA) is 33.2 Å². The third-order valence-corrected chi connectivity index (χ3v) is 4.99. The second-order valence-corrected chi connectivity index (χ2v) is 6.55. The van der Waals surface area contributed by atoms with Crippen molar-refractivity contribution in [1.82, 2.24) is 9.88 Å². The normalized spacial score (nSPS) is 23.2. The minimum Gasteiger partial charge on any atom is -0.338 e. The minimum atomic E-state index is 0.0846. The Kier molecular flexibility index (Phi) is 4.61. The maximum absolute atomic E-state index is 12.6. The van der Waals surface area contributed by atoms with Crippen LogP contribution in [0.3, 0.4) is 0 Å². The first-order valence-corrected chi connectivity index (χ1v) is 7.77. The average Bonchev–Trinajstić information content (AvgIpc) is 2.38. The van der Waals surface area contributed by atoms with E-state index >= 15 is 0 Å². The summed E-state index contributed by atoms with van der Waals surface area (Å²) in [6.45, 7) is 3.85. The molecule has 1 fully saturated rings. The molecule has 2 rings (SSSR count). The third-order valence-electron chi connectivity index (χ3n) is 3.92. The summed E-state index contributed by atoms with van der Waals surface area (Å²) in [5, 5.41) is 0. The van der Waals surface area contributed by atoms with Crippen LogP contribution in [-0.4, -0.2) is 33.7 Å². The van der Waals surface area contributed by atoms with Crippen LogP contribution in [0, 0.1) is 13.8 Å². The fraction of sp³-hybridized carbons (Fsp3) is 0.600. The van der Waals surface area contributed by atoms with Gasteiger partial charge in [0.05, 0.1) is 11.3 Å². The lowest BCUT2D eigenvalue weighted by Crippen LogP contribution is -2.44. The van der Waals surface area contributed by atoms with E-state index in [1.165, 1.54) is 12.8 Å². The number of aryl methyl sites for hydroxylation is 2. The number of nitrogens with zero attached hydrogens (tertiary/aromatic N) is 2. The zero-order chi connectivity index (χ0) is 14.0. The molecule has 1 aromatic heterocycles. The van der Waals surface area contributed by atoms with E-state index in [0.717, 1.165) is 29.8 Å². The number of carbonyl (C=O) groups excluding carboxylic acids is 1. The van der Waals surface area contributed by atoms with Gasteiger partial charge in [0.25, 0.3) is 5.91 Å². The van der Waals surface area contributed by atoms with Crippen LogP contribution in [0.25, 0.3) is 0 Å². The summed E-state index contributed by atoms with van der Waals surface area (Å²) in [6.07, 6.45) is 4.68. The van der Waals surface area contributed by atoms with Crippen LogP contribution in [0.2, 0.25) is 0 Å². The molecule has 0 radical (unpaired) electrons. The highest BCUT2D eigenvalue weighted by molar-refractivity contribution is 9.09. The fourth-order valence-corrected chi connectivity index (χ4v) is 3.70. The van der Waals surface area contributed by atoms with Gasteiger partial charge in [-0.15, -0.1) is 0 Å². The highest BCUT2D eigenvalue weighted by Gasteiger charge is 2.30. The van der Waals surface area contributed by atoms with Crippen molar-refractivity contribution in [2.24, 2.45) is 0 Å². The van der Waals surface area contributed by atoms with Crippen LogP contribution in [0.4, 0.5) is 0 Å². The van der Waals surface area contributed by atoms with Gasteiger partial charge in [0, 0.05) is 23.6 Å². The Morgan fingerprint density at radius 3 is 2.63 bits per heavy atom. The molecule has 1 aliphatic rings. The van der Waals surface area contributed by atoms with Crippen molar-refractivity contribution in [3.63, 3.8) is 0 Å². The van der Waals surface area contributed by atoms with E-state index in [1.807, 2.05) is 37.9 Å². The van der Waals surface area contributed by atoms with Crippen molar-refractivity contribution < 1.29 is 4.79 Å². The van der Waals surface area contributed by atoms with Gasteiger partial charge in [-0.1, -0.05) is 28.8 Å². The van der Waals surface area contributed by atoms with Gasteiger partial charge in [-0.2, -0.15) is 0 Å². The van der Waals surface area contributed by atoms with Gasteiger partial charge in [0.15, 0.2) is 0 Å². The largest absolute Gasteiger partial charge is 0.338 e. The van der Waals surface area contributed by atoms with Crippen molar-refractivity contribution in [2.45, 2.75) is 50.4 Å². The van der Waals surface area contributed by atoms with Crippen LogP contribution in [0.1, 0.15) is 47.4 Å². The van der Waals surface area contributed by atoms with E-state index in [2.05, 4.69) is 20.9 Å². The van der Waals surface area contributed by atoms with Crippen LogP contribution < -0.4 is 0 Å². The molecule has 1 amide bonds. The van der Waals surface area contributed by atoms with E-state index in [0.29, 0.717) is 10.9 Å². The fourth-order valence-electron chi connectivity index (χ4n) is 2.76. The summed E-state index contributed by atoms with van der Waals surface area (Å²) in [6, 6.07) is 4.09. The molecule has 0 spiro atoms. The molecule has 0 aliphatic heterocycles. The molecule has 0 saturated heterocycles. The first kappa shape index (κ1) is 14.5. The minimum absolute atomic E-state index is 0.0846. The molecule has 1 heterocycles. The number of alkyl halides is 1. The summed E-state index contributed by atoms with van der Waals surface area (Å²) in [5.74, 6) is 0.0846. The van der Waals surface area contributed by atoms with E-state index in [1.54, 1.807) is 0 Å². The van der Waals surface area contributed by atoms with Crippen molar-refractivity contribution in [1.29, 1.82) is 0 Å². The molecular weight excluding hydrogens is 304 g/mol. The summed E-state index contributed by atoms with van der Waals surface area (Å²) < 4.78 is 0. The van der Waals surface area contributed by atoms with Crippen LogP contribution in [0.5, 0.6) is 0 Å². The van der Waals surface area contributed by atoms with Gasteiger partial charge < -0.3 is 4.90 Å². The van der Waals surface area contributed by atoms with Crippen molar-refractivity contribution in [3.05, 3.63) is 29.1 Å². The van der Waals surface area contributed by atoms with Gasteiger partial charge in [-0.05, 0) is 38.8 Å². The molecule has 1 saturated carbocycles. The van der Waals surface area contributed by atoms with Crippen molar-refractivity contribution in [2.75, 3.05) is 7.05 Å². The van der Waals surface area contributed by atoms with Gasteiger partial charge in [0.2, 0.25) is 0 Å². The Labute approximate surface area is 123 Å². The van der Waals surface area contributed by atoms with Crippen LogP contribution >= 0.6 is 15.9 Å². The lowest BCUT2D eigenvalue weighted by Gasteiger charge is -2.35. The van der Waals surface area contributed by atoms with Crippen LogP contribution in [0.15, 0.2) is 12.1 Å². The molecular formula is C15H21BrN2O. The molecule has 19 heavy (non-hydrogen) atoms. The Balaban J connectivity index is 2.18. The predicted octanol–water partition coefficient (Wildman–Crippen LogP) is 3.48. The standard InChI is InChI=1S/C15H21BrN2O/c1-10-8-9-12(11(2)17-10)15(19)18(3)14-7-5-4-6-13(14)16/h8-9,13-14H,4-7H2,1-3H3. The highest BCUT2D eigenvalue weighted by Crippen LogP contribution is 2.28. The molecule has 2 unspecified atom stereocenters. The summed E-state index contributed by atoms with van der Waals surface area (Å²) in [7, 11) is 1.91. The summed E-state index contributed by atoms with van der Waals surface area (Å²) in [5.41, 5.74) is 2.49. The number of hydrogen-bond donors (Lipinski definition) is 0. The zero-order valence-electron chi connectivity index (χ0n) is 11.8. The molecule has 0 aromatic carbocycles. The number of pyridine rings is 1. The number of rotatable bonds is 2. The van der Waals surface area contributed by atoms with Crippen LogP contribution in [-0.2, 0) is 0 Å².